The molecule has 1 aromatic heterocycles. The average molecular weight is 505 g/mol. The van der Waals surface area contributed by atoms with Crippen LogP contribution in [0.25, 0.3) is 11.0 Å². The van der Waals surface area contributed by atoms with Crippen molar-refractivity contribution in [2.24, 2.45) is 0 Å². The van der Waals surface area contributed by atoms with E-state index in [2.05, 4.69) is 9.97 Å². The number of aromatic amines is 1. The molecule has 0 saturated carbocycles. The van der Waals surface area contributed by atoms with E-state index in [0.717, 1.165) is 33.6 Å². The molecule has 1 N–H and O–H groups in total. The van der Waals surface area contributed by atoms with Crippen LogP contribution < -0.4 is 0 Å². The van der Waals surface area contributed by atoms with E-state index in [-0.39, 0.29) is 17.9 Å². The number of alkyl halides is 6. The van der Waals surface area contributed by atoms with Gasteiger partial charge in [-0.25, -0.2) is 9.78 Å². The third-order valence-electron chi connectivity index (χ3n) is 3.36. The number of hydrogen-bond acceptors (Lipinski definition) is 3. The zero-order valence-corrected chi connectivity index (χ0v) is 17.0. The molecule has 2 rings (SSSR count). The van der Waals surface area contributed by atoms with Crippen molar-refractivity contribution in [1.82, 2.24) is 14.9 Å². The molecule has 1 heterocycles. The summed E-state index contributed by atoms with van der Waals surface area (Å²) >= 11 is 0.763. The normalized spacial score (nSPS) is 13.1. The third-order valence-corrected chi connectivity index (χ3v) is 3.98. The molecule has 2 aromatic rings. The molecule has 11 heteroatoms. The van der Waals surface area contributed by atoms with E-state index in [1.165, 1.54) is 7.05 Å². The number of hydrogen-bond donors (Lipinski definition) is 1. The standard InChI is InChI=1S/C16H17F5IN3O2/c1-14(2,3)27-13(26)25(4)7-11-23-10-6-8(16(20,21)22)5-9(12(10)24-11)15(17,18)19/h5-6H,7H2,1-4H3,(H,23,24). The number of nitrogens with one attached hydrogen (secondary N) is 1. The highest BCUT2D eigenvalue weighted by Crippen LogP contribution is 2.41. The number of rotatable bonds is 3. The fourth-order valence-electron chi connectivity index (χ4n) is 2.25. The van der Waals surface area contributed by atoms with Crippen LogP contribution in [0.5, 0.6) is 0 Å². The molecule has 0 spiro atoms. The van der Waals surface area contributed by atoms with Crippen LogP contribution in [0.1, 0.15) is 37.7 Å². The van der Waals surface area contributed by atoms with Crippen molar-refractivity contribution >= 4 is 39.7 Å². The van der Waals surface area contributed by atoms with Crippen molar-refractivity contribution in [1.29, 1.82) is 0 Å². The molecular weight excluding hydrogens is 488 g/mol. The van der Waals surface area contributed by atoms with Gasteiger partial charge in [-0.05, 0) is 32.9 Å². The number of carbonyl (C=O) groups excluding carboxylic acids is 1. The molecule has 0 radical (unpaired) electrons. The topological polar surface area (TPSA) is 58.2 Å². The lowest BCUT2D eigenvalue weighted by atomic mass is 10.1. The van der Waals surface area contributed by atoms with Crippen molar-refractivity contribution in [2.75, 3.05) is 7.05 Å². The zero-order chi connectivity index (χ0) is 20.8. The number of halogens is 6. The largest absolute Gasteiger partial charge is 0.444 e. The second-order valence-electron chi connectivity index (χ2n) is 6.94. The summed E-state index contributed by atoms with van der Waals surface area (Å²) in [4.78, 5) is 19.5. The first-order valence-corrected chi connectivity index (χ1v) is 8.77. The summed E-state index contributed by atoms with van der Waals surface area (Å²) in [6.07, 6.45) is -5.56. The first kappa shape index (κ1) is 21.6. The minimum absolute atomic E-state index is 0.0118. The predicted molar refractivity (Wildman–Crippen MR) is 96.7 cm³/mol. The third kappa shape index (κ3) is 5.42. The Labute approximate surface area is 165 Å². The Morgan fingerprint density at radius 3 is 2.30 bits per heavy atom. The van der Waals surface area contributed by atoms with E-state index in [0.29, 0.717) is 6.07 Å². The highest BCUT2D eigenvalue weighted by Gasteiger charge is 2.38. The van der Waals surface area contributed by atoms with Gasteiger partial charge in [0.15, 0.2) is 0 Å². The molecule has 0 unspecified atom stereocenters. The van der Waals surface area contributed by atoms with Crippen molar-refractivity contribution in [3.8, 4) is 0 Å². The first-order chi connectivity index (χ1) is 12.1. The van der Waals surface area contributed by atoms with E-state index in [1.54, 1.807) is 20.8 Å². The van der Waals surface area contributed by atoms with Crippen LogP contribution in [0.2, 0.25) is 0 Å². The lowest BCUT2D eigenvalue weighted by molar-refractivity contribution is -0.136. The van der Waals surface area contributed by atoms with Crippen molar-refractivity contribution < 1.29 is 31.5 Å². The fraction of sp³-hybridized carbons (Fsp3) is 0.500. The number of aromatic nitrogens is 2. The molecule has 5 nitrogen and oxygen atoms in total. The Hall–Kier alpha value is -1.66. The van der Waals surface area contributed by atoms with E-state index in [9.17, 15) is 26.7 Å². The molecule has 1 amide bonds. The van der Waals surface area contributed by atoms with Crippen LogP contribution in [-0.4, -0.2) is 33.6 Å². The van der Waals surface area contributed by atoms with Crippen LogP contribution in [-0.2, 0) is 21.4 Å². The van der Waals surface area contributed by atoms with Gasteiger partial charge < -0.3 is 14.6 Å². The van der Waals surface area contributed by atoms with E-state index < -0.39 is 38.4 Å². The maximum Gasteiger partial charge on any atom is 0.418 e. The minimum atomic E-state index is -4.86. The summed E-state index contributed by atoms with van der Waals surface area (Å²) in [6.45, 7) is 4.82. The number of nitrogens with zero attached hydrogens (tertiary/aromatic N) is 2. The summed E-state index contributed by atoms with van der Waals surface area (Å²) in [5, 5.41) is 0. The Morgan fingerprint density at radius 1 is 1.22 bits per heavy atom. The van der Waals surface area contributed by atoms with Gasteiger partial charge in [0.25, 0.3) is 0 Å². The number of fused-ring (bicyclic) bond motifs is 1. The number of ether oxygens (including phenoxy) is 1. The minimum Gasteiger partial charge on any atom is -0.444 e. The van der Waals surface area contributed by atoms with Crippen LogP contribution >= 0.6 is 22.6 Å². The first-order valence-electron chi connectivity index (χ1n) is 7.69. The maximum absolute atomic E-state index is 13.5. The molecule has 0 fully saturated rings. The molecule has 0 saturated heterocycles. The molecule has 0 atom stereocenters. The number of amides is 1. The average Bonchev–Trinajstić information content (AvgIpc) is 2.84. The Kier molecular flexibility index (Phi) is 5.66. The van der Waals surface area contributed by atoms with Gasteiger partial charge >= 0.3 is 16.2 Å². The Balaban J connectivity index is 2.42. The lowest BCUT2D eigenvalue weighted by Crippen LogP contribution is -2.34. The van der Waals surface area contributed by atoms with Gasteiger partial charge in [0.1, 0.15) is 16.9 Å². The number of H-pyrrole nitrogens is 1. The van der Waals surface area contributed by atoms with Crippen LogP contribution in [0, 0.1) is 0 Å². The van der Waals surface area contributed by atoms with Gasteiger partial charge in [0.05, 0.1) is 17.6 Å². The van der Waals surface area contributed by atoms with Crippen LogP contribution in [0.15, 0.2) is 12.1 Å². The Morgan fingerprint density at radius 2 is 1.81 bits per heavy atom. The van der Waals surface area contributed by atoms with Gasteiger partial charge in [-0.15, -0.1) is 0 Å². The van der Waals surface area contributed by atoms with Gasteiger partial charge in [0.2, 0.25) is 0 Å². The molecule has 27 heavy (non-hydrogen) atoms. The molecular formula is C16H17F5IN3O2. The highest BCUT2D eigenvalue weighted by molar-refractivity contribution is 14.1. The van der Waals surface area contributed by atoms with Crippen LogP contribution in [0.4, 0.5) is 26.7 Å². The second kappa shape index (κ2) is 7.06. The predicted octanol–water partition coefficient (Wildman–Crippen LogP) is 5.43. The van der Waals surface area contributed by atoms with E-state index in [1.807, 2.05) is 0 Å². The molecule has 0 aliphatic heterocycles. The number of benzene rings is 1. The molecule has 150 valence electrons. The molecule has 0 aliphatic rings. The summed E-state index contributed by atoms with van der Waals surface area (Å²) in [7, 11) is 1.39. The van der Waals surface area contributed by atoms with Crippen molar-refractivity contribution in [2.45, 2.75) is 43.0 Å². The maximum atomic E-state index is 13.5. The van der Waals surface area contributed by atoms with Gasteiger partial charge in [-0.3, -0.25) is 0 Å². The molecule has 0 bridgehead atoms. The smallest absolute Gasteiger partial charge is 0.418 e. The van der Waals surface area contributed by atoms with E-state index in [4.69, 9.17) is 4.74 Å². The monoisotopic (exact) mass is 505 g/mol. The SMILES string of the molecule is CN(Cc1nc2c(C(F)(F)F)cc(C(F)(F)I)cc2[nH]1)C(=O)OC(C)(C)C. The highest BCUT2D eigenvalue weighted by atomic mass is 127. The van der Waals surface area contributed by atoms with Gasteiger partial charge in [0, 0.05) is 35.2 Å². The zero-order valence-electron chi connectivity index (χ0n) is 14.8. The number of imidazole rings is 1. The van der Waals surface area contributed by atoms with Crippen LogP contribution in [0.3, 0.4) is 0 Å². The van der Waals surface area contributed by atoms with Gasteiger partial charge in [-0.2, -0.15) is 22.0 Å². The van der Waals surface area contributed by atoms with E-state index >= 15 is 0 Å². The lowest BCUT2D eigenvalue weighted by Gasteiger charge is -2.24. The summed E-state index contributed by atoms with van der Waals surface area (Å²) in [5.41, 5.74) is -3.49. The summed E-state index contributed by atoms with van der Waals surface area (Å²) < 4.78 is 68.6. The fourth-order valence-corrected chi connectivity index (χ4v) is 2.56. The molecule has 1 aromatic carbocycles. The quantitative estimate of drug-likeness (QED) is 0.344. The van der Waals surface area contributed by atoms with Gasteiger partial charge in [-0.1, -0.05) is 0 Å². The second-order valence-corrected chi connectivity index (χ2v) is 8.29. The number of carbonyl (C=O) groups is 1. The van der Waals surface area contributed by atoms with Crippen molar-refractivity contribution in [3.63, 3.8) is 0 Å². The Bertz CT molecular complexity index is 853. The molecule has 0 aliphatic carbocycles. The van der Waals surface area contributed by atoms with Crippen molar-refractivity contribution in [3.05, 3.63) is 29.1 Å². The summed E-state index contributed by atoms with van der Waals surface area (Å²) in [6, 6.07) is 1.30. The summed E-state index contributed by atoms with van der Waals surface area (Å²) in [5.74, 6) is 0.0118.